The molecule has 8 heteroatoms. The maximum atomic E-state index is 12.4. The van der Waals surface area contributed by atoms with E-state index in [9.17, 15) is 14.4 Å². The zero-order valence-corrected chi connectivity index (χ0v) is 17.4. The van der Waals surface area contributed by atoms with E-state index in [1.54, 1.807) is 55.6 Å². The van der Waals surface area contributed by atoms with Crippen LogP contribution < -0.4 is 14.8 Å². The van der Waals surface area contributed by atoms with Crippen LogP contribution in [0.1, 0.15) is 33.6 Å². The summed E-state index contributed by atoms with van der Waals surface area (Å²) in [5.41, 5.74) is 1.33. The zero-order valence-electron chi connectivity index (χ0n) is 17.4. The molecule has 0 aliphatic carbocycles. The minimum Gasteiger partial charge on any atom is -0.493 e. The molecule has 32 heavy (non-hydrogen) atoms. The van der Waals surface area contributed by atoms with Crippen molar-refractivity contribution >= 4 is 23.4 Å². The highest BCUT2D eigenvalue weighted by molar-refractivity contribution is 6.21. The monoisotopic (exact) mass is 431 g/mol. The summed E-state index contributed by atoms with van der Waals surface area (Å²) in [5, 5.41) is 2.75. The van der Waals surface area contributed by atoms with Gasteiger partial charge < -0.3 is 14.8 Å². The molecule has 162 valence electrons. The normalized spacial score (nSPS) is 12.5. The third-order valence-electron chi connectivity index (χ3n) is 4.97. The van der Waals surface area contributed by atoms with Gasteiger partial charge in [0.2, 0.25) is 11.8 Å². The number of imide groups is 1. The van der Waals surface area contributed by atoms with E-state index in [1.807, 2.05) is 12.1 Å². The molecule has 3 amide bonds. The van der Waals surface area contributed by atoms with Gasteiger partial charge in [-0.15, -0.1) is 0 Å². The molecule has 0 radical (unpaired) electrons. The van der Waals surface area contributed by atoms with Gasteiger partial charge in [-0.3, -0.25) is 19.3 Å². The highest BCUT2D eigenvalue weighted by Crippen LogP contribution is 2.30. The number of benzene rings is 2. The van der Waals surface area contributed by atoms with Gasteiger partial charge in [0.05, 0.1) is 30.1 Å². The van der Waals surface area contributed by atoms with Crippen LogP contribution in [-0.2, 0) is 4.79 Å². The van der Waals surface area contributed by atoms with Crippen molar-refractivity contribution in [2.45, 2.75) is 12.8 Å². The molecule has 0 fully saturated rings. The second-order valence-corrected chi connectivity index (χ2v) is 7.10. The van der Waals surface area contributed by atoms with Gasteiger partial charge in [-0.1, -0.05) is 24.3 Å². The van der Waals surface area contributed by atoms with Gasteiger partial charge in [-0.25, -0.2) is 4.98 Å². The Bertz CT molecular complexity index is 1130. The summed E-state index contributed by atoms with van der Waals surface area (Å²) in [6.07, 6.45) is 2.01. The minimum atomic E-state index is -0.319. The Morgan fingerprint density at radius 2 is 1.59 bits per heavy atom. The SMILES string of the molecule is COc1ccccc1Oc1ccc(NC(=O)CCCN2C(=O)c3ccccc3C2=O)cn1. The van der Waals surface area contributed by atoms with E-state index in [0.29, 0.717) is 40.6 Å². The van der Waals surface area contributed by atoms with Crippen molar-refractivity contribution in [2.75, 3.05) is 19.0 Å². The molecule has 1 N–H and O–H groups in total. The van der Waals surface area contributed by atoms with Gasteiger partial charge in [-0.2, -0.15) is 0 Å². The number of pyridine rings is 1. The molecule has 0 atom stereocenters. The molecule has 8 nitrogen and oxygen atoms in total. The van der Waals surface area contributed by atoms with E-state index in [0.717, 1.165) is 0 Å². The molecule has 3 aromatic rings. The first kappa shape index (κ1) is 21.0. The van der Waals surface area contributed by atoms with E-state index in [1.165, 1.54) is 11.1 Å². The topological polar surface area (TPSA) is 97.8 Å². The van der Waals surface area contributed by atoms with Crippen LogP contribution in [0.25, 0.3) is 0 Å². The minimum absolute atomic E-state index is 0.160. The van der Waals surface area contributed by atoms with E-state index in [-0.39, 0.29) is 30.7 Å². The van der Waals surface area contributed by atoms with Crippen molar-refractivity contribution in [3.05, 3.63) is 78.0 Å². The lowest BCUT2D eigenvalue weighted by atomic mass is 10.1. The lowest BCUT2D eigenvalue weighted by Gasteiger charge is -2.13. The molecule has 2 heterocycles. The third-order valence-corrected chi connectivity index (χ3v) is 4.97. The predicted octanol–water partition coefficient (Wildman–Crippen LogP) is 3.90. The summed E-state index contributed by atoms with van der Waals surface area (Å²) in [5.74, 6) is 0.610. The van der Waals surface area contributed by atoms with Crippen molar-refractivity contribution in [1.82, 2.24) is 9.88 Å². The second kappa shape index (κ2) is 9.30. The zero-order chi connectivity index (χ0) is 22.5. The van der Waals surface area contributed by atoms with Gasteiger partial charge in [0.1, 0.15) is 0 Å². The van der Waals surface area contributed by atoms with E-state index in [2.05, 4.69) is 10.3 Å². The quantitative estimate of drug-likeness (QED) is 0.544. The number of hydrogen-bond acceptors (Lipinski definition) is 6. The first-order valence-electron chi connectivity index (χ1n) is 10.1. The molecule has 0 saturated carbocycles. The van der Waals surface area contributed by atoms with Crippen LogP contribution >= 0.6 is 0 Å². The van der Waals surface area contributed by atoms with E-state index in [4.69, 9.17) is 9.47 Å². The number of para-hydroxylation sites is 2. The molecule has 0 saturated heterocycles. The Morgan fingerprint density at radius 1 is 0.938 bits per heavy atom. The van der Waals surface area contributed by atoms with Crippen LogP contribution in [0.5, 0.6) is 17.4 Å². The van der Waals surface area contributed by atoms with Gasteiger partial charge in [0.15, 0.2) is 11.5 Å². The Hall–Kier alpha value is -4.20. The maximum Gasteiger partial charge on any atom is 0.261 e. The van der Waals surface area contributed by atoms with Crippen LogP contribution in [0.4, 0.5) is 5.69 Å². The van der Waals surface area contributed by atoms with Crippen molar-refractivity contribution in [3.63, 3.8) is 0 Å². The largest absolute Gasteiger partial charge is 0.493 e. The molecule has 1 aromatic heterocycles. The standard InChI is InChI=1S/C24H21N3O5/c1-31-19-9-4-5-10-20(19)32-22-13-12-16(15-25-22)26-21(28)11-6-14-27-23(29)17-7-2-3-8-18(17)24(27)30/h2-5,7-10,12-13,15H,6,11,14H2,1H3,(H,26,28). The lowest BCUT2D eigenvalue weighted by molar-refractivity contribution is -0.116. The number of methoxy groups -OCH3 is 1. The highest BCUT2D eigenvalue weighted by Gasteiger charge is 2.34. The fraction of sp³-hybridized carbons (Fsp3) is 0.167. The second-order valence-electron chi connectivity index (χ2n) is 7.10. The van der Waals surface area contributed by atoms with Gasteiger partial charge in [0.25, 0.3) is 11.8 Å². The maximum absolute atomic E-state index is 12.4. The number of nitrogens with one attached hydrogen (secondary N) is 1. The summed E-state index contributed by atoms with van der Waals surface area (Å²) in [4.78, 5) is 42.3. The van der Waals surface area contributed by atoms with Crippen LogP contribution in [0, 0.1) is 0 Å². The number of carbonyl (C=O) groups excluding carboxylic acids is 3. The summed E-state index contributed by atoms with van der Waals surface area (Å²) < 4.78 is 11.0. The predicted molar refractivity (Wildman–Crippen MR) is 117 cm³/mol. The number of amides is 3. The number of nitrogens with zero attached hydrogens (tertiary/aromatic N) is 2. The molecule has 4 rings (SSSR count). The number of hydrogen-bond donors (Lipinski definition) is 1. The van der Waals surface area contributed by atoms with Crippen LogP contribution in [-0.4, -0.2) is 41.3 Å². The lowest BCUT2D eigenvalue weighted by Crippen LogP contribution is -2.31. The first-order valence-corrected chi connectivity index (χ1v) is 10.1. The average Bonchev–Trinajstić information content (AvgIpc) is 3.06. The fourth-order valence-corrected chi connectivity index (χ4v) is 3.39. The van der Waals surface area contributed by atoms with Crippen LogP contribution in [0.3, 0.4) is 0 Å². The highest BCUT2D eigenvalue weighted by atomic mass is 16.5. The molecule has 1 aliphatic heterocycles. The van der Waals surface area contributed by atoms with Crippen molar-refractivity contribution < 1.29 is 23.9 Å². The molecule has 0 unspecified atom stereocenters. The first-order chi connectivity index (χ1) is 15.6. The van der Waals surface area contributed by atoms with Crippen molar-refractivity contribution in [3.8, 4) is 17.4 Å². The molecule has 0 bridgehead atoms. The fourth-order valence-electron chi connectivity index (χ4n) is 3.39. The summed E-state index contributed by atoms with van der Waals surface area (Å²) in [7, 11) is 1.56. The summed E-state index contributed by atoms with van der Waals surface area (Å²) in [6, 6.07) is 17.3. The van der Waals surface area contributed by atoms with E-state index < -0.39 is 0 Å². The van der Waals surface area contributed by atoms with Crippen molar-refractivity contribution in [1.29, 1.82) is 0 Å². The Labute approximate surface area is 184 Å². The van der Waals surface area contributed by atoms with Gasteiger partial charge in [0, 0.05) is 19.0 Å². The number of rotatable bonds is 8. The molecular weight excluding hydrogens is 410 g/mol. The van der Waals surface area contributed by atoms with Crippen LogP contribution in [0.2, 0.25) is 0 Å². The smallest absolute Gasteiger partial charge is 0.261 e. The van der Waals surface area contributed by atoms with Crippen LogP contribution in [0.15, 0.2) is 66.9 Å². The number of carbonyl (C=O) groups is 3. The summed E-state index contributed by atoms with van der Waals surface area (Å²) in [6.45, 7) is 0.184. The number of anilines is 1. The number of aromatic nitrogens is 1. The Balaban J connectivity index is 1.27. The van der Waals surface area contributed by atoms with Gasteiger partial charge >= 0.3 is 0 Å². The third kappa shape index (κ3) is 4.44. The molecule has 2 aromatic carbocycles. The average molecular weight is 431 g/mol. The Morgan fingerprint density at radius 3 is 2.22 bits per heavy atom. The number of ether oxygens (including phenoxy) is 2. The summed E-state index contributed by atoms with van der Waals surface area (Å²) >= 11 is 0. The Kier molecular flexibility index (Phi) is 6.12. The molecule has 0 spiro atoms. The molecule has 1 aliphatic rings. The van der Waals surface area contributed by atoms with Crippen molar-refractivity contribution in [2.24, 2.45) is 0 Å². The number of fused-ring (bicyclic) bond motifs is 1. The van der Waals surface area contributed by atoms with Gasteiger partial charge in [-0.05, 0) is 36.8 Å². The van der Waals surface area contributed by atoms with E-state index >= 15 is 0 Å². The molecular formula is C24H21N3O5.